The van der Waals surface area contributed by atoms with Crippen LogP contribution in [0.2, 0.25) is 0 Å². The number of nitro groups is 1. The summed E-state index contributed by atoms with van der Waals surface area (Å²) in [5.74, 6) is -1.39. The number of phenols is 1. The molecule has 0 heterocycles. The Bertz CT molecular complexity index is 1960. The number of rotatable bonds is 6. The van der Waals surface area contributed by atoms with Crippen molar-refractivity contribution in [2.45, 2.75) is 0 Å². The van der Waals surface area contributed by atoms with Crippen molar-refractivity contribution in [2.24, 2.45) is 0 Å². The molecule has 0 fully saturated rings. The summed E-state index contributed by atoms with van der Waals surface area (Å²) in [6.07, 6.45) is 0. The van der Waals surface area contributed by atoms with Gasteiger partial charge in [-0.05, 0) is 23.3 Å². The third-order valence-electron chi connectivity index (χ3n) is 5.34. The summed E-state index contributed by atoms with van der Waals surface area (Å²) in [7, 11) is 0. The van der Waals surface area contributed by atoms with E-state index in [1.807, 2.05) is 0 Å². The summed E-state index contributed by atoms with van der Waals surface area (Å²) in [6, 6.07) is 4.63. The highest BCUT2D eigenvalue weighted by Crippen LogP contribution is 2.43. The second-order valence-electron chi connectivity index (χ2n) is 7.48. The minimum Gasteiger partial charge on any atom is -0.507 e. The Morgan fingerprint density at radius 3 is 1.89 bits per heavy atom. The molecule has 36 heavy (non-hydrogen) atoms. The Morgan fingerprint density at radius 2 is 1.33 bits per heavy atom. The smallest absolute Gasteiger partial charge is 0.295 e. The number of para-hydroxylation sites is 2. The summed E-state index contributed by atoms with van der Waals surface area (Å²) < 4.78 is 98.3. The van der Waals surface area contributed by atoms with Gasteiger partial charge in [0.25, 0.3) is 5.69 Å². The molecule has 5 aromatic rings. The molecule has 0 aromatic heterocycles. The molecule has 0 radical (unpaired) electrons. The molecule has 2 N–H and O–H groups in total. The van der Waals surface area contributed by atoms with Crippen molar-refractivity contribution in [2.75, 3.05) is 5.32 Å². The number of phenolic OH excluding ortho intramolecular Hbond substituents is 1. The van der Waals surface area contributed by atoms with Crippen molar-refractivity contribution >= 4 is 17.1 Å². The zero-order chi connectivity index (χ0) is 33.8. The van der Waals surface area contributed by atoms with Gasteiger partial charge in [-0.1, -0.05) is 96.8 Å². The highest BCUT2D eigenvalue weighted by molar-refractivity contribution is 5.94. The summed E-state index contributed by atoms with van der Waals surface area (Å²) in [4.78, 5) is 11.3. The van der Waals surface area contributed by atoms with Crippen LogP contribution in [0.3, 0.4) is 0 Å². The Labute approximate surface area is 221 Å². The number of hydrogen-bond donors (Lipinski definition) is 2. The van der Waals surface area contributed by atoms with Crippen LogP contribution >= 0.6 is 0 Å². The first-order valence-corrected chi connectivity index (χ1v) is 10.5. The highest BCUT2D eigenvalue weighted by atomic mass is 19.1. The minimum absolute atomic E-state index is 0.0114. The number of anilines is 2. The van der Waals surface area contributed by atoms with Crippen LogP contribution in [0.5, 0.6) is 5.75 Å². The molecule has 0 aliphatic carbocycles. The summed E-state index contributed by atoms with van der Waals surface area (Å²) >= 11 is 0. The van der Waals surface area contributed by atoms with Gasteiger partial charge in [-0.2, -0.15) is 0 Å². The number of nitrogens with one attached hydrogen (secondary N) is 1. The fourth-order valence-corrected chi connectivity index (χ4v) is 3.73. The van der Waals surface area contributed by atoms with Crippen molar-refractivity contribution < 1.29 is 28.1 Å². The normalized spacial score (nSPS) is 14.6. The topological polar surface area (TPSA) is 75.4 Å². The third kappa shape index (κ3) is 4.40. The molecule has 176 valence electrons. The largest absolute Gasteiger partial charge is 0.507 e. The molecule has 0 aliphatic rings. The van der Waals surface area contributed by atoms with Crippen molar-refractivity contribution in [3.05, 3.63) is 131 Å². The Hall–Kier alpha value is -4.97. The summed E-state index contributed by atoms with van der Waals surface area (Å²) in [5, 5.41) is 25.3. The molecule has 6 heteroatoms. The van der Waals surface area contributed by atoms with Gasteiger partial charge in [0.05, 0.1) is 30.4 Å². The highest BCUT2D eigenvalue weighted by Gasteiger charge is 2.23. The maximum atomic E-state index is 15.3. The van der Waals surface area contributed by atoms with Gasteiger partial charge in [0.2, 0.25) is 0 Å². The molecular weight excluding hydrogens is 455 g/mol. The average molecular weight is 487 g/mol. The maximum absolute atomic E-state index is 15.3. The first-order valence-electron chi connectivity index (χ1n) is 15.5. The minimum atomic E-state index is -1.05. The monoisotopic (exact) mass is 486 g/mol. The molecule has 0 aliphatic heterocycles. The van der Waals surface area contributed by atoms with E-state index in [-0.39, 0.29) is 50.5 Å². The fourth-order valence-electron chi connectivity index (χ4n) is 3.73. The van der Waals surface area contributed by atoms with E-state index in [1.54, 1.807) is 0 Å². The van der Waals surface area contributed by atoms with Gasteiger partial charge in [0, 0.05) is 22.3 Å². The predicted octanol–water partition coefficient (Wildman–Crippen LogP) is 8.18. The fraction of sp³-hybridized carbons (Fsp3) is 0. The number of nitro benzene ring substituents is 1. The molecule has 0 saturated carbocycles. The molecule has 5 aromatic carbocycles. The number of hydrogen-bond acceptors (Lipinski definition) is 4. The van der Waals surface area contributed by atoms with E-state index in [0.29, 0.717) is 6.07 Å². The molecule has 0 unspecified atom stereocenters. The van der Waals surface area contributed by atoms with E-state index in [2.05, 4.69) is 5.32 Å². The van der Waals surface area contributed by atoms with E-state index in [4.69, 9.17) is 13.7 Å². The van der Waals surface area contributed by atoms with Crippen molar-refractivity contribution in [3.63, 3.8) is 0 Å². The zero-order valence-electron chi connectivity index (χ0n) is 28.3. The van der Waals surface area contributed by atoms with Gasteiger partial charge in [-0.15, -0.1) is 0 Å². The second-order valence-corrected chi connectivity index (χ2v) is 7.48. The maximum Gasteiger partial charge on any atom is 0.295 e. The van der Waals surface area contributed by atoms with Crippen LogP contribution in [0.4, 0.5) is 21.5 Å². The second kappa shape index (κ2) is 9.72. The van der Waals surface area contributed by atoms with Gasteiger partial charge in [0.1, 0.15) is 17.3 Å². The Kier molecular flexibility index (Phi) is 3.73. The third-order valence-corrected chi connectivity index (χ3v) is 5.34. The Balaban J connectivity index is 1.92. The van der Waals surface area contributed by atoms with Gasteiger partial charge >= 0.3 is 0 Å². The lowest BCUT2D eigenvalue weighted by molar-refractivity contribution is -0.384. The molecule has 0 bridgehead atoms. The quantitative estimate of drug-likeness (QED) is 0.187. The first-order chi connectivity index (χ1) is 21.7. The lowest BCUT2D eigenvalue weighted by Crippen LogP contribution is -2.02. The molecule has 5 rings (SSSR count). The van der Waals surface area contributed by atoms with E-state index in [0.717, 1.165) is 6.07 Å². The average Bonchev–Trinajstić information content (AvgIpc) is 3.03. The van der Waals surface area contributed by atoms with Gasteiger partial charge < -0.3 is 10.4 Å². The molecule has 5 nitrogen and oxygen atoms in total. The number of aromatic hydroxyl groups is 1. The SMILES string of the molecule is [2H]c1c([2H])c([2H])c(-c2cccc(-c3c([2H])c([2H])c([2H])c([2H])c3[2H])c2Nc2cc(-c3ccccc3O)c(F)cc2[N+](=O)[O-])c([2H])c1[2H]. The zero-order valence-corrected chi connectivity index (χ0v) is 18.3. The Morgan fingerprint density at radius 1 is 0.778 bits per heavy atom. The van der Waals surface area contributed by atoms with E-state index in [9.17, 15) is 15.2 Å². The lowest BCUT2D eigenvalue weighted by Gasteiger charge is -2.18. The predicted molar refractivity (Wildman–Crippen MR) is 141 cm³/mol. The van der Waals surface area contributed by atoms with Crippen LogP contribution in [-0.4, -0.2) is 10.0 Å². The number of halogens is 1. The summed E-state index contributed by atoms with van der Waals surface area (Å²) in [5.41, 5.74) is -2.65. The standard InChI is InChI=1S/C30H21FN2O3/c31-26-19-28(33(35)36)27(18-25(26)24-14-7-8-17-29(24)34)32-30-22(20-10-3-1-4-11-20)15-9-16-23(30)21-12-5-2-6-13-21/h1-19,32,34H/i1D,2D,3D,4D,5D,6D,10D,11D,12D,13D. The van der Waals surface area contributed by atoms with Crippen molar-refractivity contribution in [1.82, 2.24) is 0 Å². The van der Waals surface area contributed by atoms with E-state index in [1.165, 1.54) is 42.5 Å². The van der Waals surface area contributed by atoms with Crippen molar-refractivity contribution in [3.8, 4) is 39.1 Å². The van der Waals surface area contributed by atoms with E-state index < -0.39 is 76.9 Å². The van der Waals surface area contributed by atoms with Crippen LogP contribution in [-0.2, 0) is 0 Å². The number of benzene rings is 5. The van der Waals surface area contributed by atoms with Crippen LogP contribution in [0.25, 0.3) is 33.4 Å². The van der Waals surface area contributed by atoms with Gasteiger partial charge in [-0.25, -0.2) is 4.39 Å². The molecule has 0 atom stereocenters. The van der Waals surface area contributed by atoms with Crippen molar-refractivity contribution in [1.29, 1.82) is 0 Å². The molecule has 0 spiro atoms. The van der Waals surface area contributed by atoms with Crippen LogP contribution in [0, 0.1) is 15.9 Å². The van der Waals surface area contributed by atoms with Gasteiger partial charge in [0.15, 0.2) is 0 Å². The summed E-state index contributed by atoms with van der Waals surface area (Å²) in [6.45, 7) is 0. The van der Waals surface area contributed by atoms with Crippen LogP contribution in [0.1, 0.15) is 13.7 Å². The molecular formula is C30H21FN2O3. The van der Waals surface area contributed by atoms with Crippen LogP contribution in [0.15, 0.2) is 115 Å². The molecule has 0 amide bonds. The number of nitrogens with zero attached hydrogens (tertiary/aromatic N) is 1. The first kappa shape index (κ1) is 13.8. The van der Waals surface area contributed by atoms with E-state index >= 15 is 4.39 Å². The van der Waals surface area contributed by atoms with Gasteiger partial charge in [-0.3, -0.25) is 10.1 Å². The molecule has 0 saturated heterocycles. The lowest BCUT2D eigenvalue weighted by atomic mass is 9.95. The van der Waals surface area contributed by atoms with Crippen LogP contribution < -0.4 is 5.32 Å².